The first-order valence-electron chi connectivity index (χ1n) is 12.9. The lowest BCUT2D eigenvalue weighted by Gasteiger charge is -2.13. The summed E-state index contributed by atoms with van der Waals surface area (Å²) in [6, 6.07) is 0. The average molecular weight is 392 g/mol. The van der Waals surface area contributed by atoms with Crippen molar-refractivity contribution >= 4 is 0 Å². The van der Waals surface area contributed by atoms with Gasteiger partial charge in [-0.05, 0) is 19.8 Å². The summed E-state index contributed by atoms with van der Waals surface area (Å²) in [4.78, 5) is 3.53. The fourth-order valence-electron chi connectivity index (χ4n) is 4.46. The van der Waals surface area contributed by atoms with Crippen LogP contribution < -0.4 is 4.57 Å². The van der Waals surface area contributed by atoms with E-state index in [0.29, 0.717) is 0 Å². The zero-order chi connectivity index (χ0) is 20.3. The molecule has 1 aromatic heterocycles. The predicted octanol–water partition coefficient (Wildman–Crippen LogP) is 8.47. The molecule has 0 saturated carbocycles. The highest BCUT2D eigenvalue weighted by Gasteiger charge is 2.21. The molecular weight excluding hydrogens is 340 g/mol. The van der Waals surface area contributed by atoms with Crippen molar-refractivity contribution in [2.24, 2.45) is 0 Å². The molecule has 0 aliphatic heterocycles. The van der Waals surface area contributed by atoms with Gasteiger partial charge in [-0.15, -0.1) is 0 Å². The maximum absolute atomic E-state index is 3.53. The van der Waals surface area contributed by atoms with Crippen molar-refractivity contribution in [2.75, 3.05) is 0 Å². The molecule has 2 heteroatoms. The van der Waals surface area contributed by atoms with Crippen molar-refractivity contribution in [3.05, 3.63) is 18.2 Å². The van der Waals surface area contributed by atoms with Crippen LogP contribution in [0.1, 0.15) is 148 Å². The second-order valence-corrected chi connectivity index (χ2v) is 8.86. The van der Waals surface area contributed by atoms with Crippen molar-refractivity contribution in [1.82, 2.24) is 4.98 Å². The normalized spacial score (nSPS) is 12.5. The number of rotatable bonds is 20. The number of nitrogens with one attached hydrogen (secondary N) is 1. The molecule has 0 aliphatic carbocycles. The van der Waals surface area contributed by atoms with E-state index in [1.54, 1.807) is 0 Å². The highest BCUT2D eigenvalue weighted by Crippen LogP contribution is 2.25. The molecule has 0 unspecified atom stereocenters. The molecule has 164 valence electrons. The standard InChI is InChI=1S/C26H50N2/c1-4-7-9-10-11-12-13-14-15-16-17-18-19-20-22-25(21-8-5-2)26-27-23-24-28(26)6-3/h23-25H,4-22H2,1-3H3/p+1/t25-/m0/s1. The number of imidazole rings is 1. The molecule has 0 bridgehead atoms. The topological polar surface area (TPSA) is 19.7 Å². The Bertz CT molecular complexity index is 437. The van der Waals surface area contributed by atoms with Crippen LogP contribution in [0, 0.1) is 0 Å². The minimum atomic E-state index is 0.729. The third-order valence-electron chi connectivity index (χ3n) is 6.33. The SMILES string of the molecule is CCCCCCCCCCCCCCCC[C@H](CCCC)c1[nH]cc[n+]1CC. The molecule has 1 heterocycles. The second kappa shape index (κ2) is 18.3. The number of aryl methyl sites for hydroxylation is 1. The van der Waals surface area contributed by atoms with Crippen molar-refractivity contribution < 1.29 is 4.57 Å². The zero-order valence-electron chi connectivity index (χ0n) is 19.6. The maximum Gasteiger partial charge on any atom is 0.257 e. The summed E-state index contributed by atoms with van der Waals surface area (Å²) in [5.41, 5.74) is 0. The van der Waals surface area contributed by atoms with E-state index in [1.165, 1.54) is 121 Å². The first kappa shape index (κ1) is 25.2. The predicted molar refractivity (Wildman–Crippen MR) is 124 cm³/mol. The van der Waals surface area contributed by atoms with E-state index in [9.17, 15) is 0 Å². The van der Waals surface area contributed by atoms with Gasteiger partial charge in [-0.2, -0.15) is 0 Å². The van der Waals surface area contributed by atoms with Crippen LogP contribution in [-0.2, 0) is 6.54 Å². The van der Waals surface area contributed by atoms with Crippen LogP contribution in [-0.4, -0.2) is 4.98 Å². The lowest BCUT2D eigenvalue weighted by atomic mass is 9.94. The minimum absolute atomic E-state index is 0.729. The molecule has 0 aliphatic rings. The molecule has 0 fully saturated rings. The van der Waals surface area contributed by atoms with E-state index in [4.69, 9.17) is 0 Å². The van der Waals surface area contributed by atoms with E-state index in [0.717, 1.165) is 12.5 Å². The lowest BCUT2D eigenvalue weighted by Crippen LogP contribution is -2.36. The van der Waals surface area contributed by atoms with Gasteiger partial charge in [0, 0.05) is 0 Å². The monoisotopic (exact) mass is 391 g/mol. The number of aromatic nitrogens is 2. The molecule has 0 spiro atoms. The van der Waals surface area contributed by atoms with Crippen molar-refractivity contribution in [3.8, 4) is 0 Å². The summed E-state index contributed by atoms with van der Waals surface area (Å²) in [5, 5.41) is 0. The first-order valence-corrected chi connectivity index (χ1v) is 12.9. The number of nitrogens with zero attached hydrogens (tertiary/aromatic N) is 1. The van der Waals surface area contributed by atoms with Gasteiger partial charge < -0.3 is 0 Å². The van der Waals surface area contributed by atoms with Crippen LogP contribution in [0.4, 0.5) is 0 Å². The Morgan fingerprint density at radius 3 is 1.61 bits per heavy atom. The Labute approximate surface area is 176 Å². The first-order chi connectivity index (χ1) is 13.8. The molecular formula is C26H51N2+. The molecule has 1 atom stereocenters. The molecule has 2 nitrogen and oxygen atoms in total. The molecule has 1 rings (SSSR count). The molecule has 0 amide bonds. The van der Waals surface area contributed by atoms with E-state index in [2.05, 4.69) is 42.7 Å². The van der Waals surface area contributed by atoms with Crippen LogP contribution in [0.2, 0.25) is 0 Å². The van der Waals surface area contributed by atoms with Gasteiger partial charge in [-0.3, -0.25) is 0 Å². The fourth-order valence-corrected chi connectivity index (χ4v) is 4.46. The summed E-state index contributed by atoms with van der Waals surface area (Å²) >= 11 is 0. The molecule has 28 heavy (non-hydrogen) atoms. The Hall–Kier alpha value is -0.790. The van der Waals surface area contributed by atoms with Gasteiger partial charge in [0.1, 0.15) is 12.4 Å². The zero-order valence-corrected chi connectivity index (χ0v) is 19.6. The van der Waals surface area contributed by atoms with Crippen molar-refractivity contribution in [1.29, 1.82) is 0 Å². The Morgan fingerprint density at radius 1 is 0.643 bits per heavy atom. The lowest BCUT2D eigenvalue weighted by molar-refractivity contribution is -0.701. The number of hydrogen-bond acceptors (Lipinski definition) is 0. The molecule has 0 radical (unpaired) electrons. The Morgan fingerprint density at radius 2 is 1.11 bits per heavy atom. The number of unbranched alkanes of at least 4 members (excludes halogenated alkanes) is 14. The highest BCUT2D eigenvalue weighted by atomic mass is 15.1. The van der Waals surface area contributed by atoms with Crippen LogP contribution in [0.25, 0.3) is 0 Å². The van der Waals surface area contributed by atoms with E-state index < -0.39 is 0 Å². The van der Waals surface area contributed by atoms with Gasteiger partial charge in [0.15, 0.2) is 0 Å². The van der Waals surface area contributed by atoms with Gasteiger partial charge in [0.25, 0.3) is 5.82 Å². The summed E-state index contributed by atoms with van der Waals surface area (Å²) < 4.78 is 2.41. The van der Waals surface area contributed by atoms with Crippen LogP contribution in [0.15, 0.2) is 12.4 Å². The molecule has 0 aromatic carbocycles. The quantitative estimate of drug-likeness (QED) is 0.170. The summed E-state index contributed by atoms with van der Waals surface area (Å²) in [6.07, 6.45) is 29.9. The van der Waals surface area contributed by atoms with E-state index in [1.807, 2.05) is 0 Å². The Balaban J connectivity index is 2.01. The summed E-state index contributed by atoms with van der Waals surface area (Å²) in [5.74, 6) is 2.19. The van der Waals surface area contributed by atoms with Gasteiger partial charge in [-0.1, -0.05) is 117 Å². The second-order valence-electron chi connectivity index (χ2n) is 8.86. The number of hydrogen-bond donors (Lipinski definition) is 1. The number of H-pyrrole nitrogens is 1. The van der Waals surface area contributed by atoms with Gasteiger partial charge in [-0.25, -0.2) is 9.55 Å². The van der Waals surface area contributed by atoms with Crippen molar-refractivity contribution in [3.63, 3.8) is 0 Å². The molecule has 0 saturated heterocycles. The van der Waals surface area contributed by atoms with Gasteiger partial charge >= 0.3 is 0 Å². The highest BCUT2D eigenvalue weighted by molar-refractivity contribution is 4.89. The van der Waals surface area contributed by atoms with Crippen LogP contribution >= 0.6 is 0 Å². The largest absolute Gasteiger partial charge is 0.257 e. The molecule has 1 N–H and O–H groups in total. The third kappa shape index (κ3) is 11.9. The summed E-state index contributed by atoms with van der Waals surface area (Å²) in [6.45, 7) is 7.95. The summed E-state index contributed by atoms with van der Waals surface area (Å²) in [7, 11) is 0. The molecule has 1 aromatic rings. The van der Waals surface area contributed by atoms with Gasteiger partial charge in [0.2, 0.25) is 0 Å². The van der Waals surface area contributed by atoms with Gasteiger partial charge in [0.05, 0.1) is 12.5 Å². The van der Waals surface area contributed by atoms with Crippen LogP contribution in [0.3, 0.4) is 0 Å². The number of aromatic amines is 1. The minimum Gasteiger partial charge on any atom is -0.247 e. The fraction of sp³-hybridized carbons (Fsp3) is 0.885. The van der Waals surface area contributed by atoms with E-state index >= 15 is 0 Å². The third-order valence-corrected chi connectivity index (χ3v) is 6.33. The smallest absolute Gasteiger partial charge is 0.247 e. The van der Waals surface area contributed by atoms with E-state index in [-0.39, 0.29) is 0 Å². The average Bonchev–Trinajstić information content (AvgIpc) is 3.19. The van der Waals surface area contributed by atoms with Crippen LogP contribution in [0.5, 0.6) is 0 Å². The van der Waals surface area contributed by atoms with Crippen molar-refractivity contribution in [2.45, 2.75) is 149 Å². The Kier molecular flexibility index (Phi) is 16.5. The maximum atomic E-state index is 3.53.